The second-order valence-corrected chi connectivity index (χ2v) is 6.58. The van der Waals surface area contributed by atoms with Gasteiger partial charge >= 0.3 is 0 Å². The Bertz CT molecular complexity index is 645. The normalized spacial score (nSPS) is 15.4. The van der Waals surface area contributed by atoms with Crippen molar-refractivity contribution in [1.82, 2.24) is 9.88 Å². The van der Waals surface area contributed by atoms with E-state index >= 15 is 0 Å². The van der Waals surface area contributed by atoms with Gasteiger partial charge in [0.05, 0.1) is 5.69 Å². The molecule has 0 aliphatic carbocycles. The predicted molar refractivity (Wildman–Crippen MR) is 102 cm³/mol. The Hall–Kier alpha value is -2.27. The number of nitrogens with zero attached hydrogens (tertiary/aromatic N) is 4. The number of pyridine rings is 1. The molecule has 1 aliphatic heterocycles. The monoisotopic (exact) mass is 325 g/mol. The van der Waals surface area contributed by atoms with Gasteiger partial charge in [-0.25, -0.2) is 4.98 Å². The van der Waals surface area contributed by atoms with Crippen molar-refractivity contribution in [3.63, 3.8) is 0 Å². The number of piperazine rings is 1. The second kappa shape index (κ2) is 7.53. The lowest BCUT2D eigenvalue weighted by atomic mass is 10.1. The van der Waals surface area contributed by atoms with E-state index in [1.54, 1.807) is 0 Å². The summed E-state index contributed by atoms with van der Waals surface area (Å²) in [6, 6.07) is 12.9. The molecule has 2 heterocycles. The minimum Gasteiger partial charge on any atom is -0.375 e. The van der Waals surface area contributed by atoms with Crippen molar-refractivity contribution in [2.75, 3.05) is 62.4 Å². The van der Waals surface area contributed by atoms with Gasteiger partial charge in [-0.15, -0.1) is 0 Å². The third-order valence-corrected chi connectivity index (χ3v) is 4.53. The SMILES string of the molecule is CN1CCN(c2ccc(CNc3ncccc3N(C)C)cc2)CC1. The zero-order chi connectivity index (χ0) is 16.9. The highest BCUT2D eigenvalue weighted by Crippen LogP contribution is 2.22. The largest absolute Gasteiger partial charge is 0.375 e. The highest BCUT2D eigenvalue weighted by Gasteiger charge is 2.14. The molecule has 0 spiro atoms. The van der Waals surface area contributed by atoms with Gasteiger partial charge in [-0.05, 0) is 36.9 Å². The molecule has 1 aromatic carbocycles. The molecule has 1 aromatic heterocycles. The third-order valence-electron chi connectivity index (χ3n) is 4.53. The Morgan fingerprint density at radius 1 is 1.04 bits per heavy atom. The second-order valence-electron chi connectivity index (χ2n) is 6.58. The number of nitrogens with one attached hydrogen (secondary N) is 1. The molecule has 0 atom stereocenters. The fraction of sp³-hybridized carbons (Fsp3) is 0.421. The highest BCUT2D eigenvalue weighted by atomic mass is 15.2. The first-order chi connectivity index (χ1) is 11.6. The zero-order valence-corrected chi connectivity index (χ0v) is 14.9. The number of hydrogen-bond acceptors (Lipinski definition) is 5. The number of hydrogen-bond donors (Lipinski definition) is 1. The average Bonchev–Trinajstić information content (AvgIpc) is 2.61. The van der Waals surface area contributed by atoms with E-state index in [0.717, 1.165) is 44.2 Å². The van der Waals surface area contributed by atoms with E-state index in [4.69, 9.17) is 0 Å². The first-order valence-electron chi connectivity index (χ1n) is 8.52. The Morgan fingerprint density at radius 2 is 1.75 bits per heavy atom. The van der Waals surface area contributed by atoms with E-state index < -0.39 is 0 Å². The van der Waals surface area contributed by atoms with Crippen LogP contribution in [0.15, 0.2) is 42.6 Å². The standard InChI is InChI=1S/C19H27N5/c1-22(2)18-5-4-10-20-19(18)21-15-16-6-8-17(9-7-16)24-13-11-23(3)12-14-24/h4-10H,11-15H2,1-3H3,(H,20,21). The fourth-order valence-electron chi connectivity index (χ4n) is 2.97. The van der Waals surface area contributed by atoms with Crippen LogP contribution in [0.2, 0.25) is 0 Å². The molecule has 2 aromatic rings. The highest BCUT2D eigenvalue weighted by molar-refractivity contribution is 5.64. The van der Waals surface area contributed by atoms with Gasteiger partial charge in [0.1, 0.15) is 5.82 Å². The van der Waals surface area contributed by atoms with Crippen molar-refractivity contribution in [1.29, 1.82) is 0 Å². The van der Waals surface area contributed by atoms with Gasteiger partial charge in [0.25, 0.3) is 0 Å². The predicted octanol–water partition coefficient (Wildman–Crippen LogP) is 2.51. The maximum absolute atomic E-state index is 4.45. The van der Waals surface area contributed by atoms with Gasteiger partial charge in [0.15, 0.2) is 0 Å². The van der Waals surface area contributed by atoms with E-state index in [0.29, 0.717) is 0 Å². The molecule has 0 amide bonds. The van der Waals surface area contributed by atoms with Crippen LogP contribution >= 0.6 is 0 Å². The number of rotatable bonds is 5. The van der Waals surface area contributed by atoms with Gasteiger partial charge in [0, 0.05) is 58.7 Å². The molecule has 1 saturated heterocycles. The van der Waals surface area contributed by atoms with Crippen LogP contribution in [0.25, 0.3) is 0 Å². The summed E-state index contributed by atoms with van der Waals surface area (Å²) in [4.78, 5) is 11.4. The van der Waals surface area contributed by atoms with Crippen LogP contribution in [0.1, 0.15) is 5.56 Å². The number of likely N-dealkylation sites (N-methyl/N-ethyl adjacent to an activating group) is 1. The topological polar surface area (TPSA) is 34.6 Å². The lowest BCUT2D eigenvalue weighted by molar-refractivity contribution is 0.313. The van der Waals surface area contributed by atoms with E-state index in [1.165, 1.54) is 11.3 Å². The Balaban J connectivity index is 1.61. The van der Waals surface area contributed by atoms with E-state index in [2.05, 4.69) is 62.4 Å². The van der Waals surface area contributed by atoms with E-state index in [1.807, 2.05) is 26.4 Å². The molecule has 0 bridgehead atoms. The maximum atomic E-state index is 4.45. The van der Waals surface area contributed by atoms with Gasteiger partial charge in [-0.2, -0.15) is 0 Å². The molecule has 1 N–H and O–H groups in total. The molecular formula is C19H27N5. The fourth-order valence-corrected chi connectivity index (χ4v) is 2.97. The first kappa shape index (κ1) is 16.6. The summed E-state index contributed by atoms with van der Waals surface area (Å²) in [5.41, 5.74) is 3.69. The van der Waals surface area contributed by atoms with Gasteiger partial charge in [0.2, 0.25) is 0 Å². The Labute approximate surface area is 144 Å². The molecular weight excluding hydrogens is 298 g/mol. The number of anilines is 3. The molecule has 0 unspecified atom stereocenters. The molecule has 24 heavy (non-hydrogen) atoms. The van der Waals surface area contributed by atoms with Crippen molar-refractivity contribution in [3.05, 3.63) is 48.2 Å². The van der Waals surface area contributed by atoms with Crippen molar-refractivity contribution in [3.8, 4) is 0 Å². The average molecular weight is 325 g/mol. The van der Waals surface area contributed by atoms with Crippen molar-refractivity contribution in [2.24, 2.45) is 0 Å². The molecule has 5 heteroatoms. The van der Waals surface area contributed by atoms with Gasteiger partial charge in [-0.1, -0.05) is 12.1 Å². The Morgan fingerprint density at radius 3 is 2.42 bits per heavy atom. The lowest BCUT2D eigenvalue weighted by Gasteiger charge is -2.34. The zero-order valence-electron chi connectivity index (χ0n) is 14.9. The molecule has 3 rings (SSSR count). The number of aromatic nitrogens is 1. The molecule has 5 nitrogen and oxygen atoms in total. The Kier molecular flexibility index (Phi) is 5.20. The summed E-state index contributed by atoms with van der Waals surface area (Å²) in [7, 11) is 6.26. The van der Waals surface area contributed by atoms with Crippen LogP contribution in [-0.2, 0) is 6.54 Å². The quantitative estimate of drug-likeness (QED) is 0.914. The molecule has 128 valence electrons. The number of benzene rings is 1. The summed E-state index contributed by atoms with van der Waals surface area (Å²) >= 11 is 0. The smallest absolute Gasteiger partial charge is 0.149 e. The lowest BCUT2D eigenvalue weighted by Crippen LogP contribution is -2.44. The van der Waals surface area contributed by atoms with Crippen LogP contribution in [0, 0.1) is 0 Å². The minimum absolute atomic E-state index is 0.779. The van der Waals surface area contributed by atoms with Gasteiger partial charge < -0.3 is 20.0 Å². The van der Waals surface area contributed by atoms with Crippen LogP contribution < -0.4 is 15.1 Å². The first-order valence-corrected chi connectivity index (χ1v) is 8.52. The van der Waals surface area contributed by atoms with Crippen LogP contribution in [0.5, 0.6) is 0 Å². The summed E-state index contributed by atoms with van der Waals surface area (Å²) in [5.74, 6) is 0.922. The van der Waals surface area contributed by atoms with Crippen LogP contribution in [-0.4, -0.2) is 57.2 Å². The van der Waals surface area contributed by atoms with Crippen molar-refractivity contribution >= 4 is 17.2 Å². The summed E-state index contributed by atoms with van der Waals surface area (Å²) in [5, 5.41) is 3.44. The summed E-state index contributed by atoms with van der Waals surface area (Å²) in [6.07, 6.45) is 1.83. The molecule has 0 radical (unpaired) electrons. The molecule has 0 saturated carbocycles. The van der Waals surface area contributed by atoms with Crippen LogP contribution in [0.3, 0.4) is 0 Å². The maximum Gasteiger partial charge on any atom is 0.149 e. The van der Waals surface area contributed by atoms with E-state index in [9.17, 15) is 0 Å². The summed E-state index contributed by atoms with van der Waals surface area (Å²) < 4.78 is 0. The minimum atomic E-state index is 0.779. The van der Waals surface area contributed by atoms with Crippen molar-refractivity contribution < 1.29 is 0 Å². The van der Waals surface area contributed by atoms with Gasteiger partial charge in [-0.3, -0.25) is 0 Å². The van der Waals surface area contributed by atoms with Crippen molar-refractivity contribution in [2.45, 2.75) is 6.54 Å². The van der Waals surface area contributed by atoms with E-state index in [-0.39, 0.29) is 0 Å². The molecule has 1 fully saturated rings. The van der Waals surface area contributed by atoms with Crippen LogP contribution in [0.4, 0.5) is 17.2 Å². The molecule has 1 aliphatic rings. The summed E-state index contributed by atoms with van der Waals surface area (Å²) in [6.45, 7) is 5.26. The third kappa shape index (κ3) is 3.97.